The third-order valence-electron chi connectivity index (χ3n) is 6.94. The summed E-state index contributed by atoms with van der Waals surface area (Å²) in [5, 5.41) is 2.85. The van der Waals surface area contributed by atoms with E-state index in [1.54, 1.807) is 43.3 Å². The maximum absolute atomic E-state index is 14.0. The molecule has 0 aliphatic carbocycles. The number of anilines is 1. The van der Waals surface area contributed by atoms with Crippen molar-refractivity contribution in [2.24, 2.45) is 0 Å². The first-order valence-corrected chi connectivity index (χ1v) is 15.4. The number of hydrogen-bond donors (Lipinski definition) is 1. The van der Waals surface area contributed by atoms with E-state index in [2.05, 4.69) is 5.32 Å². The molecule has 3 rings (SSSR count). The van der Waals surface area contributed by atoms with Crippen LogP contribution in [0, 0.1) is 12.7 Å². The first-order chi connectivity index (χ1) is 19.5. The Morgan fingerprint density at radius 2 is 1.51 bits per heavy atom. The maximum Gasteiger partial charge on any atom is 0.264 e. The zero-order chi connectivity index (χ0) is 30.2. The van der Waals surface area contributed by atoms with Gasteiger partial charge in [0.25, 0.3) is 10.0 Å². The van der Waals surface area contributed by atoms with Crippen LogP contribution < -0.4 is 9.62 Å². The normalized spacial score (nSPS) is 12.2. The average molecular weight is 582 g/mol. The van der Waals surface area contributed by atoms with Gasteiger partial charge in [0.15, 0.2) is 0 Å². The predicted molar refractivity (Wildman–Crippen MR) is 161 cm³/mol. The molecule has 0 radical (unpaired) electrons. The summed E-state index contributed by atoms with van der Waals surface area (Å²) in [7, 11) is -4.14. The molecule has 0 unspecified atom stereocenters. The van der Waals surface area contributed by atoms with Crippen LogP contribution in [-0.2, 0) is 26.2 Å². The zero-order valence-corrected chi connectivity index (χ0v) is 25.2. The molecular weight excluding hydrogens is 541 g/mol. The van der Waals surface area contributed by atoms with Crippen molar-refractivity contribution < 1.29 is 22.4 Å². The number of hydrogen-bond acceptors (Lipinski definition) is 4. The molecule has 1 atom stereocenters. The number of carbonyl (C=O) groups excluding carboxylic acids is 2. The van der Waals surface area contributed by atoms with Crippen LogP contribution in [0.3, 0.4) is 0 Å². The summed E-state index contributed by atoms with van der Waals surface area (Å²) in [6.45, 7) is 9.63. The van der Waals surface area contributed by atoms with Crippen molar-refractivity contribution in [3.8, 4) is 0 Å². The molecule has 2 amide bonds. The van der Waals surface area contributed by atoms with Crippen LogP contribution in [0.1, 0.15) is 63.1 Å². The monoisotopic (exact) mass is 581 g/mol. The highest BCUT2D eigenvalue weighted by atomic mass is 32.2. The highest BCUT2D eigenvalue weighted by molar-refractivity contribution is 7.92. The zero-order valence-electron chi connectivity index (χ0n) is 24.4. The van der Waals surface area contributed by atoms with Gasteiger partial charge in [0.1, 0.15) is 18.4 Å². The second-order valence-electron chi connectivity index (χ2n) is 10.4. The summed E-state index contributed by atoms with van der Waals surface area (Å²) < 4.78 is 42.6. The molecule has 0 saturated heterocycles. The molecule has 3 aromatic rings. The number of nitrogens with zero attached hydrogens (tertiary/aromatic N) is 2. The number of sulfonamides is 1. The Morgan fingerprint density at radius 3 is 2.05 bits per heavy atom. The molecule has 0 aromatic heterocycles. The SMILES string of the molecule is CCCNC(=O)[C@H](CC)N(Cc1ccc(F)cc1)C(=O)CN(c1ccc(C(C)C)cc1)S(=O)(=O)c1ccc(C)cc1. The average Bonchev–Trinajstić information content (AvgIpc) is 2.95. The highest BCUT2D eigenvalue weighted by Crippen LogP contribution is 2.27. The fraction of sp³-hybridized carbons (Fsp3) is 0.375. The lowest BCUT2D eigenvalue weighted by Gasteiger charge is -2.33. The molecule has 0 saturated carbocycles. The van der Waals surface area contributed by atoms with Crippen LogP contribution in [0.4, 0.5) is 10.1 Å². The van der Waals surface area contributed by atoms with Crippen LogP contribution in [0.15, 0.2) is 77.7 Å². The second kappa shape index (κ2) is 14.3. The molecule has 0 heterocycles. The van der Waals surface area contributed by atoms with E-state index in [1.807, 2.05) is 39.8 Å². The Balaban J connectivity index is 2.06. The summed E-state index contributed by atoms with van der Waals surface area (Å²) in [5.74, 6) is -1.04. The first-order valence-electron chi connectivity index (χ1n) is 14.0. The lowest BCUT2D eigenvalue weighted by molar-refractivity contribution is -0.140. The van der Waals surface area contributed by atoms with E-state index >= 15 is 0 Å². The van der Waals surface area contributed by atoms with Gasteiger partial charge in [-0.2, -0.15) is 0 Å². The van der Waals surface area contributed by atoms with Crippen LogP contribution in [-0.4, -0.2) is 44.3 Å². The first kappa shape index (κ1) is 31.8. The van der Waals surface area contributed by atoms with Gasteiger partial charge in [-0.1, -0.05) is 69.7 Å². The molecule has 41 heavy (non-hydrogen) atoms. The van der Waals surface area contributed by atoms with E-state index in [0.29, 0.717) is 24.2 Å². The molecular formula is C32H40FN3O4S. The molecule has 0 fully saturated rings. The van der Waals surface area contributed by atoms with Crippen molar-refractivity contribution in [1.29, 1.82) is 0 Å². The molecule has 9 heteroatoms. The van der Waals surface area contributed by atoms with Crippen molar-refractivity contribution in [2.75, 3.05) is 17.4 Å². The second-order valence-corrected chi connectivity index (χ2v) is 12.3. The number of amides is 2. The van der Waals surface area contributed by atoms with E-state index in [9.17, 15) is 22.4 Å². The Morgan fingerprint density at radius 1 is 0.902 bits per heavy atom. The van der Waals surface area contributed by atoms with Crippen molar-refractivity contribution in [3.05, 3.63) is 95.3 Å². The van der Waals surface area contributed by atoms with Gasteiger partial charge >= 0.3 is 0 Å². The van der Waals surface area contributed by atoms with Gasteiger partial charge in [-0.15, -0.1) is 0 Å². The summed E-state index contributed by atoms with van der Waals surface area (Å²) in [5.41, 5.74) is 2.90. The third-order valence-corrected chi connectivity index (χ3v) is 8.72. The minimum Gasteiger partial charge on any atom is -0.354 e. The van der Waals surface area contributed by atoms with Crippen molar-refractivity contribution in [2.45, 2.75) is 70.9 Å². The van der Waals surface area contributed by atoms with Crippen LogP contribution in [0.5, 0.6) is 0 Å². The fourth-order valence-corrected chi connectivity index (χ4v) is 5.88. The molecule has 3 aromatic carbocycles. The van der Waals surface area contributed by atoms with Gasteiger partial charge in [0, 0.05) is 13.1 Å². The largest absolute Gasteiger partial charge is 0.354 e. The lowest BCUT2D eigenvalue weighted by Crippen LogP contribution is -2.52. The predicted octanol–water partition coefficient (Wildman–Crippen LogP) is 5.79. The van der Waals surface area contributed by atoms with E-state index < -0.39 is 34.3 Å². The van der Waals surface area contributed by atoms with Gasteiger partial charge in [0.05, 0.1) is 10.6 Å². The van der Waals surface area contributed by atoms with Gasteiger partial charge in [-0.05, 0) is 73.2 Å². The number of benzene rings is 3. The number of aryl methyl sites for hydroxylation is 1. The smallest absolute Gasteiger partial charge is 0.264 e. The lowest BCUT2D eigenvalue weighted by atomic mass is 10.0. The van der Waals surface area contributed by atoms with Gasteiger partial charge in [0.2, 0.25) is 11.8 Å². The van der Waals surface area contributed by atoms with E-state index in [1.165, 1.54) is 29.2 Å². The molecule has 1 N–H and O–H groups in total. The standard InChI is InChI=1S/C32H40FN3O4S/c1-6-20-34-32(38)30(7-2)35(21-25-10-14-27(33)15-11-25)31(37)22-36(28-16-12-26(13-17-28)23(3)4)41(39,40)29-18-8-24(5)9-19-29/h8-19,23,30H,6-7,20-22H2,1-5H3,(H,34,38)/t30-/m0/s1. The maximum atomic E-state index is 14.0. The van der Waals surface area contributed by atoms with Gasteiger partial charge in [-0.25, -0.2) is 12.8 Å². The Labute approximate surface area is 243 Å². The van der Waals surface area contributed by atoms with Crippen molar-refractivity contribution >= 4 is 27.5 Å². The van der Waals surface area contributed by atoms with Crippen LogP contribution >= 0.6 is 0 Å². The van der Waals surface area contributed by atoms with E-state index in [0.717, 1.165) is 21.9 Å². The summed E-state index contributed by atoms with van der Waals surface area (Å²) >= 11 is 0. The molecule has 7 nitrogen and oxygen atoms in total. The number of carbonyl (C=O) groups is 2. The molecule has 220 valence electrons. The van der Waals surface area contributed by atoms with Crippen molar-refractivity contribution in [1.82, 2.24) is 10.2 Å². The Hall–Kier alpha value is -3.72. The summed E-state index contributed by atoms with van der Waals surface area (Å²) in [6, 6.07) is 18.4. The molecule has 0 aliphatic rings. The number of rotatable bonds is 13. The topological polar surface area (TPSA) is 86.8 Å². The van der Waals surface area contributed by atoms with E-state index in [4.69, 9.17) is 0 Å². The van der Waals surface area contributed by atoms with Gasteiger partial charge in [-0.3, -0.25) is 13.9 Å². The van der Waals surface area contributed by atoms with Crippen LogP contribution in [0.25, 0.3) is 0 Å². The third kappa shape index (κ3) is 8.16. The molecule has 0 spiro atoms. The minimum atomic E-state index is -4.14. The molecule has 0 aliphatic heterocycles. The van der Waals surface area contributed by atoms with Crippen LogP contribution in [0.2, 0.25) is 0 Å². The minimum absolute atomic E-state index is 0.0157. The fourth-order valence-electron chi connectivity index (χ4n) is 4.46. The summed E-state index contributed by atoms with van der Waals surface area (Å²) in [4.78, 5) is 28.6. The highest BCUT2D eigenvalue weighted by Gasteiger charge is 2.33. The number of halogens is 1. The quantitative estimate of drug-likeness (QED) is 0.277. The number of nitrogens with one attached hydrogen (secondary N) is 1. The van der Waals surface area contributed by atoms with Crippen molar-refractivity contribution in [3.63, 3.8) is 0 Å². The summed E-state index contributed by atoms with van der Waals surface area (Å²) in [6.07, 6.45) is 1.04. The molecule has 0 bridgehead atoms. The van der Waals surface area contributed by atoms with E-state index in [-0.39, 0.29) is 23.3 Å². The Kier molecular flexibility index (Phi) is 11.1. The Bertz CT molecular complexity index is 1410. The van der Waals surface area contributed by atoms with Gasteiger partial charge < -0.3 is 10.2 Å².